The Morgan fingerprint density at radius 1 is 1.16 bits per heavy atom. The SMILES string of the molecule is [c]1cccc(C2CCNCC2)c1CNC1CCCC1. The summed E-state index contributed by atoms with van der Waals surface area (Å²) in [5.74, 6) is 0.735. The zero-order valence-corrected chi connectivity index (χ0v) is 11.8. The van der Waals surface area contributed by atoms with Crippen molar-refractivity contribution >= 4 is 0 Å². The van der Waals surface area contributed by atoms with E-state index in [0.717, 1.165) is 31.6 Å². The number of rotatable bonds is 4. The topological polar surface area (TPSA) is 24.1 Å². The van der Waals surface area contributed by atoms with Gasteiger partial charge in [-0.25, -0.2) is 0 Å². The van der Waals surface area contributed by atoms with Gasteiger partial charge >= 0.3 is 0 Å². The Labute approximate surface area is 117 Å². The van der Waals surface area contributed by atoms with Crippen LogP contribution in [0.3, 0.4) is 0 Å². The predicted molar refractivity (Wildman–Crippen MR) is 79.2 cm³/mol. The molecule has 1 aliphatic carbocycles. The van der Waals surface area contributed by atoms with Crippen molar-refractivity contribution in [3.63, 3.8) is 0 Å². The molecule has 2 heteroatoms. The molecule has 103 valence electrons. The van der Waals surface area contributed by atoms with Crippen LogP contribution in [0.4, 0.5) is 0 Å². The Bertz CT molecular complexity index is 390. The van der Waals surface area contributed by atoms with Gasteiger partial charge in [-0.05, 0) is 61.9 Å². The van der Waals surface area contributed by atoms with E-state index < -0.39 is 0 Å². The van der Waals surface area contributed by atoms with E-state index in [1.54, 1.807) is 0 Å². The minimum Gasteiger partial charge on any atom is -0.317 e. The quantitative estimate of drug-likeness (QED) is 0.866. The fraction of sp³-hybridized carbons (Fsp3) is 0.647. The Balaban J connectivity index is 1.65. The molecule has 2 nitrogen and oxygen atoms in total. The molecule has 0 bridgehead atoms. The molecule has 19 heavy (non-hydrogen) atoms. The van der Waals surface area contributed by atoms with Gasteiger partial charge in [-0.3, -0.25) is 0 Å². The normalized spacial score (nSPS) is 21.9. The monoisotopic (exact) mass is 257 g/mol. The van der Waals surface area contributed by atoms with Gasteiger partial charge in [0.05, 0.1) is 0 Å². The first kappa shape index (κ1) is 13.1. The summed E-state index contributed by atoms with van der Waals surface area (Å²) in [4.78, 5) is 0. The highest BCUT2D eigenvalue weighted by Gasteiger charge is 2.19. The van der Waals surface area contributed by atoms with Crippen LogP contribution in [0.25, 0.3) is 0 Å². The zero-order chi connectivity index (χ0) is 12.9. The molecule has 1 aliphatic heterocycles. The minimum absolute atomic E-state index is 0.735. The average Bonchev–Trinajstić information content (AvgIpc) is 3.00. The molecule has 1 radical (unpaired) electrons. The highest BCUT2D eigenvalue weighted by Crippen LogP contribution is 2.28. The maximum atomic E-state index is 3.73. The van der Waals surface area contributed by atoms with Crippen molar-refractivity contribution in [2.45, 2.75) is 57.0 Å². The summed E-state index contributed by atoms with van der Waals surface area (Å²) in [5, 5.41) is 7.19. The molecule has 2 N–H and O–H groups in total. The lowest BCUT2D eigenvalue weighted by Crippen LogP contribution is -2.29. The number of benzene rings is 1. The molecule has 0 atom stereocenters. The second-order valence-electron chi connectivity index (χ2n) is 5.99. The van der Waals surface area contributed by atoms with E-state index in [9.17, 15) is 0 Å². The van der Waals surface area contributed by atoms with Crippen molar-refractivity contribution < 1.29 is 0 Å². The van der Waals surface area contributed by atoms with E-state index in [1.165, 1.54) is 49.7 Å². The predicted octanol–water partition coefficient (Wildman–Crippen LogP) is 2.99. The summed E-state index contributed by atoms with van der Waals surface area (Å²) >= 11 is 0. The van der Waals surface area contributed by atoms with Crippen LogP contribution in [-0.2, 0) is 6.54 Å². The molecule has 1 heterocycles. The fourth-order valence-corrected chi connectivity index (χ4v) is 3.53. The largest absolute Gasteiger partial charge is 0.317 e. The molecule has 2 aliphatic rings. The number of hydrogen-bond donors (Lipinski definition) is 2. The van der Waals surface area contributed by atoms with Crippen LogP contribution in [0.2, 0.25) is 0 Å². The summed E-state index contributed by atoms with van der Waals surface area (Å²) in [6.45, 7) is 3.33. The third-order valence-electron chi connectivity index (χ3n) is 4.68. The van der Waals surface area contributed by atoms with Gasteiger partial charge in [0.15, 0.2) is 0 Å². The van der Waals surface area contributed by atoms with Crippen molar-refractivity contribution in [3.05, 3.63) is 35.4 Å². The van der Waals surface area contributed by atoms with Crippen LogP contribution in [-0.4, -0.2) is 19.1 Å². The van der Waals surface area contributed by atoms with Crippen LogP contribution in [0.5, 0.6) is 0 Å². The van der Waals surface area contributed by atoms with Gasteiger partial charge in [-0.2, -0.15) is 0 Å². The molecule has 1 aromatic carbocycles. The first-order valence-corrected chi connectivity index (χ1v) is 7.87. The second-order valence-corrected chi connectivity index (χ2v) is 5.99. The molecule has 3 rings (SSSR count). The maximum absolute atomic E-state index is 3.73. The molecule has 2 fully saturated rings. The van der Waals surface area contributed by atoms with Gasteiger partial charge in [0.1, 0.15) is 0 Å². The van der Waals surface area contributed by atoms with Gasteiger partial charge in [0, 0.05) is 12.6 Å². The Morgan fingerprint density at radius 2 is 1.95 bits per heavy atom. The van der Waals surface area contributed by atoms with E-state index in [2.05, 4.69) is 34.9 Å². The zero-order valence-electron chi connectivity index (χ0n) is 11.8. The Morgan fingerprint density at radius 3 is 2.74 bits per heavy atom. The molecule has 1 saturated heterocycles. The van der Waals surface area contributed by atoms with Gasteiger partial charge in [-0.1, -0.05) is 31.0 Å². The Kier molecular flexibility index (Phi) is 4.52. The summed E-state index contributed by atoms with van der Waals surface area (Å²) in [6.07, 6.45) is 8.06. The highest BCUT2D eigenvalue weighted by molar-refractivity contribution is 5.30. The molecular weight excluding hydrogens is 232 g/mol. The van der Waals surface area contributed by atoms with Crippen LogP contribution in [0.15, 0.2) is 18.2 Å². The fourth-order valence-electron chi connectivity index (χ4n) is 3.53. The molecule has 0 spiro atoms. The lowest BCUT2D eigenvalue weighted by Gasteiger charge is -2.25. The molecule has 0 unspecified atom stereocenters. The first-order valence-electron chi connectivity index (χ1n) is 7.87. The molecule has 1 aromatic rings. The van der Waals surface area contributed by atoms with E-state index in [0.29, 0.717) is 0 Å². The summed E-state index contributed by atoms with van der Waals surface area (Å²) in [5.41, 5.74) is 2.94. The van der Waals surface area contributed by atoms with Crippen molar-refractivity contribution in [2.75, 3.05) is 13.1 Å². The van der Waals surface area contributed by atoms with Gasteiger partial charge in [-0.15, -0.1) is 0 Å². The third kappa shape index (κ3) is 3.37. The van der Waals surface area contributed by atoms with Crippen molar-refractivity contribution in [3.8, 4) is 0 Å². The molecule has 0 amide bonds. The van der Waals surface area contributed by atoms with Crippen molar-refractivity contribution in [1.29, 1.82) is 0 Å². The van der Waals surface area contributed by atoms with E-state index in [1.807, 2.05) is 0 Å². The number of nitrogens with one attached hydrogen (secondary N) is 2. The van der Waals surface area contributed by atoms with Crippen LogP contribution >= 0.6 is 0 Å². The minimum atomic E-state index is 0.735. The lowest BCUT2D eigenvalue weighted by molar-refractivity contribution is 0.454. The van der Waals surface area contributed by atoms with Gasteiger partial charge < -0.3 is 10.6 Å². The van der Waals surface area contributed by atoms with Crippen LogP contribution in [0.1, 0.15) is 55.6 Å². The highest BCUT2D eigenvalue weighted by atomic mass is 14.9. The summed E-state index contributed by atoms with van der Waals surface area (Å²) in [6, 6.07) is 10.8. The second kappa shape index (κ2) is 6.53. The lowest BCUT2D eigenvalue weighted by atomic mass is 9.87. The van der Waals surface area contributed by atoms with Crippen molar-refractivity contribution in [2.24, 2.45) is 0 Å². The smallest absolute Gasteiger partial charge is 0.0217 e. The van der Waals surface area contributed by atoms with E-state index in [-0.39, 0.29) is 0 Å². The number of hydrogen-bond acceptors (Lipinski definition) is 2. The average molecular weight is 257 g/mol. The first-order chi connectivity index (χ1) is 9.43. The van der Waals surface area contributed by atoms with E-state index in [4.69, 9.17) is 0 Å². The van der Waals surface area contributed by atoms with Crippen LogP contribution in [0, 0.1) is 6.07 Å². The number of piperidine rings is 1. The van der Waals surface area contributed by atoms with Crippen molar-refractivity contribution in [1.82, 2.24) is 10.6 Å². The van der Waals surface area contributed by atoms with Gasteiger partial charge in [0.25, 0.3) is 0 Å². The molecule has 1 saturated carbocycles. The third-order valence-corrected chi connectivity index (χ3v) is 4.68. The summed E-state index contributed by atoms with van der Waals surface area (Å²) in [7, 11) is 0. The standard InChI is InChI=1S/C17H25N2/c1-4-8-17(14-9-11-18-12-10-14)15(5-1)13-19-16-6-2-3-7-16/h1,4,8,14,16,18-19H,2-3,6-7,9-13H2. The Hall–Kier alpha value is -0.860. The maximum Gasteiger partial charge on any atom is 0.0217 e. The van der Waals surface area contributed by atoms with Crippen LogP contribution < -0.4 is 10.6 Å². The molecule has 0 aromatic heterocycles. The summed E-state index contributed by atoms with van der Waals surface area (Å²) < 4.78 is 0. The van der Waals surface area contributed by atoms with E-state index >= 15 is 0 Å². The molecular formula is C17H25N2. The van der Waals surface area contributed by atoms with Gasteiger partial charge in [0.2, 0.25) is 0 Å².